The van der Waals surface area contributed by atoms with Gasteiger partial charge in [-0.1, -0.05) is 6.07 Å². The number of carbonyl (C=O) groups is 1. The van der Waals surface area contributed by atoms with Crippen LogP contribution in [0.5, 0.6) is 0 Å². The van der Waals surface area contributed by atoms with Gasteiger partial charge in [0.15, 0.2) is 0 Å². The van der Waals surface area contributed by atoms with Crippen molar-refractivity contribution < 1.29 is 18.7 Å². The Morgan fingerprint density at radius 3 is 3.04 bits per heavy atom. The first kappa shape index (κ1) is 16.0. The third-order valence-corrected chi connectivity index (χ3v) is 5.44. The standard InChI is InChI=1S/C18H23FN2O3/c19-14-8-13(9-14)18(22)21-6-7-23-16-4-3-15(21)17(16)24-11-12-2-1-5-20-10-12/h1-2,5,10,13-17H,3-4,6-9,11H2. The molecule has 3 fully saturated rings. The van der Waals surface area contributed by atoms with Crippen LogP contribution < -0.4 is 0 Å². The van der Waals surface area contributed by atoms with Gasteiger partial charge in [0, 0.05) is 24.9 Å². The molecule has 3 aliphatic rings. The second kappa shape index (κ2) is 6.76. The van der Waals surface area contributed by atoms with E-state index in [1.165, 1.54) is 0 Å². The molecule has 1 aromatic rings. The molecule has 0 spiro atoms. The van der Waals surface area contributed by atoms with Crippen molar-refractivity contribution in [2.45, 2.75) is 56.7 Å². The molecule has 130 valence electrons. The Hall–Kier alpha value is -1.53. The first-order valence-corrected chi connectivity index (χ1v) is 8.79. The summed E-state index contributed by atoms with van der Waals surface area (Å²) >= 11 is 0. The van der Waals surface area contributed by atoms with Crippen LogP contribution in [0.4, 0.5) is 4.39 Å². The Bertz CT molecular complexity index is 579. The SMILES string of the molecule is O=C(C1CC(F)C1)N1CCOC2CCC1C2OCc1cccnc1. The molecule has 1 saturated heterocycles. The number of pyridine rings is 1. The molecule has 5 nitrogen and oxygen atoms in total. The van der Waals surface area contributed by atoms with Gasteiger partial charge in [0.25, 0.3) is 0 Å². The van der Waals surface area contributed by atoms with E-state index in [2.05, 4.69) is 4.98 Å². The summed E-state index contributed by atoms with van der Waals surface area (Å²) in [6.45, 7) is 1.58. The Kier molecular flexibility index (Phi) is 4.50. The smallest absolute Gasteiger partial charge is 0.226 e. The number of hydrogen-bond donors (Lipinski definition) is 0. The van der Waals surface area contributed by atoms with Gasteiger partial charge >= 0.3 is 0 Å². The lowest BCUT2D eigenvalue weighted by Gasteiger charge is -2.37. The average molecular weight is 334 g/mol. The molecule has 2 aliphatic carbocycles. The number of alkyl halides is 1. The normalized spacial score (nSPS) is 35.4. The topological polar surface area (TPSA) is 51.7 Å². The minimum Gasteiger partial charge on any atom is -0.374 e. The van der Waals surface area contributed by atoms with Crippen LogP contribution in [-0.2, 0) is 20.9 Å². The summed E-state index contributed by atoms with van der Waals surface area (Å²) in [4.78, 5) is 18.7. The number of rotatable bonds is 4. The molecule has 0 radical (unpaired) electrons. The van der Waals surface area contributed by atoms with E-state index in [-0.39, 0.29) is 30.1 Å². The van der Waals surface area contributed by atoms with E-state index in [9.17, 15) is 9.18 Å². The zero-order chi connectivity index (χ0) is 16.5. The molecule has 1 aliphatic heterocycles. The summed E-state index contributed by atoms with van der Waals surface area (Å²) in [5, 5.41) is 0. The maximum absolute atomic E-state index is 13.1. The first-order chi connectivity index (χ1) is 11.7. The van der Waals surface area contributed by atoms with E-state index in [1.54, 1.807) is 12.4 Å². The van der Waals surface area contributed by atoms with Gasteiger partial charge in [0.1, 0.15) is 12.3 Å². The minimum absolute atomic E-state index is 0.0415. The van der Waals surface area contributed by atoms with Crippen LogP contribution >= 0.6 is 0 Å². The van der Waals surface area contributed by atoms with Gasteiger partial charge in [-0.15, -0.1) is 0 Å². The van der Waals surface area contributed by atoms with Crippen LogP contribution in [0.1, 0.15) is 31.2 Å². The van der Waals surface area contributed by atoms with Crippen molar-refractivity contribution in [1.82, 2.24) is 9.88 Å². The summed E-state index contributed by atoms with van der Waals surface area (Å²) in [5.74, 6) is -0.0776. The van der Waals surface area contributed by atoms with Gasteiger partial charge in [0.2, 0.25) is 5.91 Å². The molecule has 3 unspecified atom stereocenters. The number of nitrogens with zero attached hydrogens (tertiary/aromatic N) is 2. The number of fused-ring (bicyclic) bond motifs is 2. The number of hydrogen-bond acceptors (Lipinski definition) is 4. The van der Waals surface area contributed by atoms with Crippen LogP contribution in [0.2, 0.25) is 0 Å². The first-order valence-electron chi connectivity index (χ1n) is 8.79. The van der Waals surface area contributed by atoms with E-state index in [1.807, 2.05) is 17.0 Å². The summed E-state index contributed by atoms with van der Waals surface area (Å²) in [6.07, 6.45) is 5.18. The summed E-state index contributed by atoms with van der Waals surface area (Å²) < 4.78 is 25.2. The molecule has 3 atom stereocenters. The largest absolute Gasteiger partial charge is 0.374 e. The second-order valence-electron chi connectivity index (χ2n) is 6.99. The molecule has 2 heterocycles. The Morgan fingerprint density at radius 2 is 2.29 bits per heavy atom. The fourth-order valence-electron chi connectivity index (χ4n) is 4.04. The van der Waals surface area contributed by atoms with Crippen molar-refractivity contribution in [3.05, 3.63) is 30.1 Å². The third-order valence-electron chi connectivity index (χ3n) is 5.44. The molecule has 0 aromatic carbocycles. The monoisotopic (exact) mass is 334 g/mol. The lowest BCUT2D eigenvalue weighted by Crippen LogP contribution is -2.51. The zero-order valence-electron chi connectivity index (χ0n) is 13.6. The number of ether oxygens (including phenoxy) is 2. The van der Waals surface area contributed by atoms with Crippen molar-refractivity contribution in [3.63, 3.8) is 0 Å². The Morgan fingerprint density at radius 1 is 1.42 bits per heavy atom. The molecule has 1 amide bonds. The molecule has 1 aromatic heterocycles. The molecule has 24 heavy (non-hydrogen) atoms. The summed E-state index contributed by atoms with van der Waals surface area (Å²) in [6, 6.07) is 3.90. The number of carbonyl (C=O) groups excluding carboxylic acids is 1. The summed E-state index contributed by atoms with van der Waals surface area (Å²) in [7, 11) is 0. The third kappa shape index (κ3) is 3.05. The highest BCUT2D eigenvalue weighted by Gasteiger charge is 2.47. The van der Waals surface area contributed by atoms with E-state index < -0.39 is 6.17 Å². The van der Waals surface area contributed by atoms with Gasteiger partial charge in [-0.05, 0) is 37.3 Å². The van der Waals surface area contributed by atoms with Gasteiger partial charge in [-0.25, -0.2) is 4.39 Å². The van der Waals surface area contributed by atoms with Crippen molar-refractivity contribution in [2.24, 2.45) is 5.92 Å². The van der Waals surface area contributed by atoms with Crippen LogP contribution in [0, 0.1) is 5.92 Å². The molecule has 2 bridgehead atoms. The van der Waals surface area contributed by atoms with Gasteiger partial charge in [0.05, 0.1) is 25.4 Å². The van der Waals surface area contributed by atoms with Crippen LogP contribution in [0.25, 0.3) is 0 Å². The molecule has 4 rings (SSSR count). The predicted octanol–water partition coefficient (Wildman–Crippen LogP) is 2.10. The van der Waals surface area contributed by atoms with Crippen molar-refractivity contribution in [3.8, 4) is 0 Å². The maximum atomic E-state index is 13.1. The number of aromatic nitrogens is 1. The van der Waals surface area contributed by atoms with Crippen molar-refractivity contribution in [1.29, 1.82) is 0 Å². The predicted molar refractivity (Wildman–Crippen MR) is 84.9 cm³/mol. The fourth-order valence-corrected chi connectivity index (χ4v) is 4.04. The van der Waals surface area contributed by atoms with Gasteiger partial charge < -0.3 is 14.4 Å². The lowest BCUT2D eigenvalue weighted by atomic mass is 9.82. The average Bonchev–Trinajstić information content (AvgIpc) is 2.86. The van der Waals surface area contributed by atoms with Crippen LogP contribution in [-0.4, -0.2) is 53.4 Å². The lowest BCUT2D eigenvalue weighted by molar-refractivity contribution is -0.145. The highest BCUT2D eigenvalue weighted by atomic mass is 19.1. The molecule has 0 N–H and O–H groups in total. The highest BCUT2D eigenvalue weighted by Crippen LogP contribution is 2.37. The fraction of sp³-hybridized carbons (Fsp3) is 0.667. The molecular formula is C18H23FN2O3. The molecule has 2 saturated carbocycles. The number of halogens is 1. The minimum atomic E-state index is -0.809. The Balaban J connectivity index is 1.44. The highest BCUT2D eigenvalue weighted by molar-refractivity contribution is 5.80. The number of amides is 1. The van der Waals surface area contributed by atoms with Crippen LogP contribution in [0.3, 0.4) is 0 Å². The second-order valence-corrected chi connectivity index (χ2v) is 6.99. The maximum Gasteiger partial charge on any atom is 0.226 e. The van der Waals surface area contributed by atoms with Gasteiger partial charge in [-0.3, -0.25) is 9.78 Å². The quantitative estimate of drug-likeness (QED) is 0.846. The van der Waals surface area contributed by atoms with E-state index in [4.69, 9.17) is 9.47 Å². The van der Waals surface area contributed by atoms with E-state index in [0.717, 1.165) is 18.4 Å². The van der Waals surface area contributed by atoms with Crippen LogP contribution in [0.15, 0.2) is 24.5 Å². The Labute approximate surface area is 141 Å². The molecular weight excluding hydrogens is 311 g/mol. The van der Waals surface area contributed by atoms with E-state index >= 15 is 0 Å². The molecule has 6 heteroatoms. The van der Waals surface area contributed by atoms with Crippen molar-refractivity contribution in [2.75, 3.05) is 13.2 Å². The summed E-state index contributed by atoms with van der Waals surface area (Å²) in [5.41, 5.74) is 1.01. The van der Waals surface area contributed by atoms with Crippen molar-refractivity contribution >= 4 is 5.91 Å². The zero-order valence-corrected chi connectivity index (χ0v) is 13.6. The van der Waals surface area contributed by atoms with E-state index in [0.29, 0.717) is 32.6 Å². The van der Waals surface area contributed by atoms with Gasteiger partial charge in [-0.2, -0.15) is 0 Å².